The predicted molar refractivity (Wildman–Crippen MR) is 89.9 cm³/mol. The maximum absolute atomic E-state index is 10.7. The Bertz CT molecular complexity index is 717. The molecule has 0 aromatic heterocycles. The number of hydrogen-bond donors (Lipinski definition) is 0. The largest absolute Gasteiger partial charge is 0.744 e. The minimum atomic E-state index is -4.31. The van der Waals surface area contributed by atoms with Gasteiger partial charge in [0.05, 0.1) is 26.0 Å². The molecule has 0 saturated carbocycles. The molecular formula is C17H23NO3S. The zero-order valence-electron chi connectivity index (χ0n) is 13.7. The first-order chi connectivity index (χ1) is 10.0. The second-order valence-corrected chi connectivity index (χ2v) is 7.35. The van der Waals surface area contributed by atoms with Crippen LogP contribution in [0.5, 0.6) is 0 Å². The Balaban J connectivity index is 0.000000224. The van der Waals surface area contributed by atoms with E-state index in [-0.39, 0.29) is 4.90 Å². The topological polar surface area (TPSA) is 57.2 Å². The van der Waals surface area contributed by atoms with Crippen LogP contribution >= 0.6 is 0 Å². The van der Waals surface area contributed by atoms with Crippen LogP contribution in [0.4, 0.5) is 5.69 Å². The number of hydrogen-bond acceptors (Lipinski definition) is 3. The minimum Gasteiger partial charge on any atom is -0.744 e. The molecule has 0 atom stereocenters. The van der Waals surface area contributed by atoms with Gasteiger partial charge in [-0.05, 0) is 43.2 Å². The van der Waals surface area contributed by atoms with E-state index in [1.165, 1.54) is 11.8 Å². The Kier molecular flexibility index (Phi) is 5.88. The molecule has 0 unspecified atom stereocenters. The van der Waals surface area contributed by atoms with Crippen molar-refractivity contribution in [1.29, 1.82) is 0 Å². The fourth-order valence-electron chi connectivity index (χ4n) is 1.87. The molecule has 0 N–H and O–H groups in total. The van der Waals surface area contributed by atoms with E-state index in [1.807, 2.05) is 6.07 Å². The van der Waals surface area contributed by atoms with Crippen LogP contribution in [-0.4, -0.2) is 34.1 Å². The number of rotatable bonds is 2. The summed E-state index contributed by atoms with van der Waals surface area (Å²) in [6, 6.07) is 15.1. The molecule has 0 fully saturated rings. The molecule has 4 nitrogen and oxygen atoms in total. The lowest BCUT2D eigenvalue weighted by atomic mass is 10.1. The third-order valence-electron chi connectivity index (χ3n) is 3.36. The number of nitrogens with zero attached hydrogens (tertiary/aromatic N) is 1. The van der Waals surface area contributed by atoms with E-state index in [9.17, 15) is 13.0 Å². The average Bonchev–Trinajstić information content (AvgIpc) is 2.41. The first-order valence-electron chi connectivity index (χ1n) is 6.92. The van der Waals surface area contributed by atoms with Crippen molar-refractivity contribution < 1.29 is 13.0 Å². The molecule has 2 aromatic carbocycles. The lowest BCUT2D eigenvalue weighted by molar-refractivity contribution is 0.462. The van der Waals surface area contributed by atoms with Gasteiger partial charge in [-0.15, -0.1) is 0 Å². The molecule has 0 aliphatic rings. The molecule has 0 heterocycles. The lowest BCUT2D eigenvalue weighted by Gasteiger charge is -2.22. The van der Waals surface area contributed by atoms with Crippen molar-refractivity contribution in [2.75, 3.05) is 21.1 Å². The standard InChI is InChI=1S/C9H14N.C8H10O3S/c1-10(2,3)9-7-5-4-6-8-9;1-6-4-3-5-8(7(6)2)12(9,10)11/h4-8H,1-3H3;3-5H,1-2H3,(H,9,10,11)/q+1;/p-1. The highest BCUT2D eigenvalue weighted by Gasteiger charge is 2.09. The molecule has 0 bridgehead atoms. The van der Waals surface area contributed by atoms with E-state index < -0.39 is 10.1 Å². The fraction of sp³-hybridized carbons (Fsp3) is 0.294. The van der Waals surface area contributed by atoms with Gasteiger partial charge >= 0.3 is 0 Å². The Morgan fingerprint density at radius 3 is 1.77 bits per heavy atom. The molecule has 0 aliphatic carbocycles. The highest BCUT2D eigenvalue weighted by atomic mass is 32.2. The van der Waals surface area contributed by atoms with Crippen LogP contribution < -0.4 is 4.48 Å². The summed E-state index contributed by atoms with van der Waals surface area (Å²) in [7, 11) is 2.18. The van der Waals surface area contributed by atoms with E-state index >= 15 is 0 Å². The van der Waals surface area contributed by atoms with Gasteiger partial charge < -0.3 is 4.55 Å². The molecule has 0 amide bonds. The van der Waals surface area contributed by atoms with Gasteiger partial charge in [-0.2, -0.15) is 0 Å². The minimum absolute atomic E-state index is 0.123. The van der Waals surface area contributed by atoms with Gasteiger partial charge in [0.15, 0.2) is 0 Å². The van der Waals surface area contributed by atoms with Crippen molar-refractivity contribution in [3.63, 3.8) is 0 Å². The van der Waals surface area contributed by atoms with E-state index in [0.717, 1.165) is 10.0 Å². The smallest absolute Gasteiger partial charge is 0.132 e. The summed E-state index contributed by atoms with van der Waals surface area (Å²) in [5.41, 5.74) is 2.68. The van der Waals surface area contributed by atoms with Crippen molar-refractivity contribution >= 4 is 15.8 Å². The fourth-order valence-corrected chi connectivity index (χ4v) is 2.65. The summed E-state index contributed by atoms with van der Waals surface area (Å²) in [6.45, 7) is 3.39. The highest BCUT2D eigenvalue weighted by Crippen LogP contribution is 2.17. The number of quaternary nitrogens is 1. The van der Waals surface area contributed by atoms with Gasteiger partial charge in [-0.3, -0.25) is 4.48 Å². The molecule has 2 rings (SSSR count). The van der Waals surface area contributed by atoms with Crippen LogP contribution in [0.15, 0.2) is 53.4 Å². The Hall–Kier alpha value is -1.69. The highest BCUT2D eigenvalue weighted by molar-refractivity contribution is 7.85. The second-order valence-electron chi connectivity index (χ2n) is 6.00. The SMILES string of the molecule is C[N+](C)(C)c1ccccc1.Cc1cccc(S(=O)(=O)[O-])c1C. The van der Waals surface area contributed by atoms with Crippen LogP contribution in [0.3, 0.4) is 0 Å². The Morgan fingerprint density at radius 2 is 1.41 bits per heavy atom. The van der Waals surface area contributed by atoms with Gasteiger partial charge in [0.2, 0.25) is 0 Å². The van der Waals surface area contributed by atoms with E-state index in [4.69, 9.17) is 0 Å². The normalized spacial score (nSPS) is 11.5. The van der Waals surface area contributed by atoms with Crippen molar-refractivity contribution in [1.82, 2.24) is 4.48 Å². The zero-order valence-corrected chi connectivity index (χ0v) is 14.5. The molecule has 0 radical (unpaired) electrons. The van der Waals surface area contributed by atoms with Crippen molar-refractivity contribution in [3.8, 4) is 0 Å². The van der Waals surface area contributed by atoms with Crippen LogP contribution in [0.25, 0.3) is 0 Å². The summed E-state index contributed by atoms with van der Waals surface area (Å²) in [4.78, 5) is -0.123. The first-order valence-corrected chi connectivity index (χ1v) is 8.33. The summed E-state index contributed by atoms with van der Waals surface area (Å²) in [6.07, 6.45) is 0. The van der Waals surface area contributed by atoms with Crippen LogP contribution in [0.1, 0.15) is 11.1 Å². The number of benzene rings is 2. The monoisotopic (exact) mass is 321 g/mol. The summed E-state index contributed by atoms with van der Waals surface area (Å²) in [5, 5.41) is 0. The molecule has 22 heavy (non-hydrogen) atoms. The molecule has 2 aromatic rings. The lowest BCUT2D eigenvalue weighted by Crippen LogP contribution is -2.34. The van der Waals surface area contributed by atoms with Gasteiger partial charge in [-0.1, -0.05) is 30.3 Å². The van der Waals surface area contributed by atoms with Gasteiger partial charge in [0.25, 0.3) is 0 Å². The summed E-state index contributed by atoms with van der Waals surface area (Å²) in [5.74, 6) is 0. The van der Waals surface area contributed by atoms with Gasteiger partial charge in [0, 0.05) is 0 Å². The molecule has 5 heteroatoms. The quantitative estimate of drug-likeness (QED) is 0.631. The van der Waals surface area contributed by atoms with E-state index in [1.54, 1.807) is 26.0 Å². The average molecular weight is 321 g/mol. The molecule has 0 spiro atoms. The van der Waals surface area contributed by atoms with Crippen molar-refractivity contribution in [3.05, 3.63) is 59.7 Å². The maximum atomic E-state index is 10.7. The molecule has 120 valence electrons. The maximum Gasteiger partial charge on any atom is 0.132 e. The first kappa shape index (κ1) is 18.4. The number of para-hydroxylation sites is 1. The Morgan fingerprint density at radius 1 is 0.864 bits per heavy atom. The van der Waals surface area contributed by atoms with Crippen LogP contribution in [-0.2, 0) is 10.1 Å². The van der Waals surface area contributed by atoms with Gasteiger partial charge in [0.1, 0.15) is 15.8 Å². The predicted octanol–water partition coefficient (Wildman–Crippen LogP) is 3.09. The van der Waals surface area contributed by atoms with Crippen molar-refractivity contribution in [2.45, 2.75) is 18.7 Å². The summed E-state index contributed by atoms with van der Waals surface area (Å²) >= 11 is 0. The zero-order chi connectivity index (χ0) is 17.0. The molecular weight excluding hydrogens is 298 g/mol. The van der Waals surface area contributed by atoms with Gasteiger partial charge in [-0.25, -0.2) is 8.42 Å². The Labute approximate surface area is 133 Å². The third kappa shape index (κ3) is 5.26. The van der Waals surface area contributed by atoms with Crippen LogP contribution in [0.2, 0.25) is 0 Å². The number of aryl methyl sites for hydroxylation is 1. The van der Waals surface area contributed by atoms with E-state index in [0.29, 0.717) is 5.56 Å². The second kappa shape index (κ2) is 7.05. The summed E-state index contributed by atoms with van der Waals surface area (Å²) < 4.78 is 32.8. The third-order valence-corrected chi connectivity index (χ3v) is 4.34. The van der Waals surface area contributed by atoms with E-state index in [2.05, 4.69) is 45.4 Å². The van der Waals surface area contributed by atoms with Crippen molar-refractivity contribution in [2.24, 2.45) is 0 Å². The molecule has 0 saturated heterocycles. The van der Waals surface area contributed by atoms with Crippen LogP contribution in [0, 0.1) is 13.8 Å². The molecule has 0 aliphatic heterocycles.